The molecule has 3 aromatic carbocycles. The van der Waals surface area contributed by atoms with E-state index in [2.05, 4.69) is 4.98 Å². The molecule has 3 N–H and O–H groups in total. The van der Waals surface area contributed by atoms with E-state index in [1.165, 1.54) is 26.4 Å². The third kappa shape index (κ3) is 3.75. The van der Waals surface area contributed by atoms with Gasteiger partial charge in [0.15, 0.2) is 17.6 Å². The Hall–Kier alpha value is -4.70. The molecule has 1 aliphatic rings. The fourth-order valence-corrected chi connectivity index (χ4v) is 5.09. The monoisotopic (exact) mass is 531 g/mol. The van der Waals surface area contributed by atoms with E-state index in [1.807, 2.05) is 0 Å². The Labute approximate surface area is 220 Å². The van der Waals surface area contributed by atoms with Crippen molar-refractivity contribution in [3.63, 3.8) is 0 Å². The van der Waals surface area contributed by atoms with Gasteiger partial charge < -0.3 is 38.6 Å². The minimum Gasteiger partial charge on any atom is -0.507 e. The molecule has 2 unspecified atom stereocenters. The van der Waals surface area contributed by atoms with E-state index in [4.69, 9.17) is 23.4 Å². The lowest BCUT2D eigenvalue weighted by Crippen LogP contribution is -2.50. The summed E-state index contributed by atoms with van der Waals surface area (Å²) in [5.74, 6) is 0.911. The summed E-state index contributed by atoms with van der Waals surface area (Å²) in [5.41, 5.74) is -0.938. The Balaban J connectivity index is 1.64. The quantitative estimate of drug-likeness (QED) is 0.230. The van der Waals surface area contributed by atoms with Crippen LogP contribution in [0.4, 0.5) is 0 Å². The number of hydrogen-bond acceptors (Lipinski definition) is 9. The van der Waals surface area contributed by atoms with Crippen LogP contribution in [-0.4, -0.2) is 41.1 Å². The molecule has 39 heavy (non-hydrogen) atoms. The van der Waals surface area contributed by atoms with E-state index in [1.54, 1.807) is 50.2 Å². The lowest BCUT2D eigenvalue weighted by atomic mass is 9.87. The van der Waals surface area contributed by atoms with Crippen LogP contribution in [0.2, 0.25) is 0 Å². The van der Waals surface area contributed by atoms with Gasteiger partial charge in [0.2, 0.25) is 5.43 Å². The lowest BCUT2D eigenvalue weighted by molar-refractivity contribution is -0.102. The Morgan fingerprint density at radius 2 is 1.77 bits per heavy atom. The highest BCUT2D eigenvalue weighted by Gasteiger charge is 2.46. The van der Waals surface area contributed by atoms with Gasteiger partial charge in [0.25, 0.3) is 0 Å². The number of phenols is 1. The summed E-state index contributed by atoms with van der Waals surface area (Å²) in [5, 5.41) is 22.9. The van der Waals surface area contributed by atoms with Crippen LogP contribution in [0.3, 0.4) is 0 Å². The second-order valence-electron chi connectivity index (χ2n) is 9.88. The second-order valence-corrected chi connectivity index (χ2v) is 9.88. The summed E-state index contributed by atoms with van der Waals surface area (Å²) in [6, 6.07) is 12.5. The molecule has 0 saturated heterocycles. The second kappa shape index (κ2) is 8.67. The van der Waals surface area contributed by atoms with Crippen LogP contribution in [0.1, 0.15) is 25.5 Å². The number of rotatable bonds is 4. The number of ether oxygens (including phenoxy) is 4. The fourth-order valence-electron chi connectivity index (χ4n) is 5.09. The highest BCUT2D eigenvalue weighted by molar-refractivity contribution is 5.99. The Kier molecular flexibility index (Phi) is 5.47. The van der Waals surface area contributed by atoms with Crippen LogP contribution < -0.4 is 30.0 Å². The molecule has 0 spiro atoms. The first-order chi connectivity index (χ1) is 18.6. The van der Waals surface area contributed by atoms with Crippen LogP contribution in [0.15, 0.2) is 62.5 Å². The molecule has 2 aromatic heterocycles. The molecule has 1 aliphatic heterocycles. The number of aromatic nitrogens is 1. The third-order valence-corrected chi connectivity index (χ3v) is 7.09. The van der Waals surface area contributed by atoms with Gasteiger partial charge in [0.1, 0.15) is 34.5 Å². The van der Waals surface area contributed by atoms with Gasteiger partial charge in [0, 0.05) is 23.6 Å². The van der Waals surface area contributed by atoms with Crippen LogP contribution in [0.25, 0.3) is 32.8 Å². The molecule has 0 fully saturated rings. The minimum absolute atomic E-state index is 0.0877. The van der Waals surface area contributed by atoms with Crippen molar-refractivity contribution in [2.75, 3.05) is 14.2 Å². The molecule has 3 heterocycles. The van der Waals surface area contributed by atoms with Gasteiger partial charge in [-0.3, -0.25) is 4.79 Å². The van der Waals surface area contributed by atoms with Crippen molar-refractivity contribution in [3.8, 4) is 28.7 Å². The number of aromatic amines is 1. The normalized spacial score (nSPS) is 18.1. The molecular formula is C29H25NO9. The van der Waals surface area contributed by atoms with Crippen LogP contribution in [0.5, 0.6) is 28.7 Å². The Bertz CT molecular complexity index is 1900. The SMILES string of the molecule is COc1cc(O)c2c(=O)c3ccc(OC)c(OC4c5c(ccc6ccc(=O)oc56)OC(C)(C)C4O)c3[nH]c2c1. The van der Waals surface area contributed by atoms with E-state index < -0.39 is 28.9 Å². The van der Waals surface area contributed by atoms with Crippen LogP contribution in [-0.2, 0) is 0 Å². The maximum atomic E-state index is 13.5. The van der Waals surface area contributed by atoms with Crippen molar-refractivity contribution in [1.29, 1.82) is 0 Å². The van der Waals surface area contributed by atoms with Gasteiger partial charge in [-0.2, -0.15) is 0 Å². The lowest BCUT2D eigenvalue weighted by Gasteiger charge is -2.41. The van der Waals surface area contributed by atoms with Crippen molar-refractivity contribution in [3.05, 3.63) is 74.7 Å². The number of fused-ring (bicyclic) bond motifs is 5. The molecule has 0 saturated carbocycles. The number of hydrogen-bond donors (Lipinski definition) is 3. The number of benzene rings is 3. The third-order valence-electron chi connectivity index (χ3n) is 7.09. The van der Waals surface area contributed by atoms with Crippen molar-refractivity contribution in [1.82, 2.24) is 4.98 Å². The number of pyridine rings is 1. The number of aliphatic hydroxyl groups is 1. The average Bonchev–Trinajstić information content (AvgIpc) is 2.90. The zero-order chi connectivity index (χ0) is 27.6. The van der Waals surface area contributed by atoms with E-state index in [-0.39, 0.29) is 39.1 Å². The standard InChI is InChI=1S/C29H25NO9/c1-29(2)28(34)27(22-18(39-29)8-5-13-6-10-20(32)37-25(13)22)38-26-19(36-4)9-7-15-23(26)30-16-11-14(35-3)12-17(31)21(16)24(15)33/h5-12,27-28,31,34H,1-4H3,(H,30,33). The molecule has 10 nitrogen and oxygen atoms in total. The molecule has 5 aromatic rings. The van der Waals surface area contributed by atoms with E-state index in [9.17, 15) is 19.8 Å². The van der Waals surface area contributed by atoms with Gasteiger partial charge >= 0.3 is 5.63 Å². The predicted molar refractivity (Wildman–Crippen MR) is 143 cm³/mol. The smallest absolute Gasteiger partial charge is 0.336 e. The number of H-pyrrole nitrogens is 1. The summed E-state index contributed by atoms with van der Waals surface area (Å²) in [6.45, 7) is 3.43. The highest BCUT2D eigenvalue weighted by Crippen LogP contribution is 2.47. The van der Waals surface area contributed by atoms with Crippen LogP contribution >= 0.6 is 0 Å². The van der Waals surface area contributed by atoms with Crippen molar-refractivity contribution in [2.24, 2.45) is 0 Å². The molecule has 0 aliphatic carbocycles. The Morgan fingerprint density at radius 1 is 1.00 bits per heavy atom. The number of nitrogens with one attached hydrogen (secondary N) is 1. The predicted octanol–water partition coefficient (Wildman–Crippen LogP) is 4.16. The Morgan fingerprint density at radius 3 is 2.51 bits per heavy atom. The summed E-state index contributed by atoms with van der Waals surface area (Å²) < 4.78 is 29.0. The average molecular weight is 532 g/mol. The fraction of sp³-hybridized carbons (Fsp3) is 0.241. The molecule has 200 valence electrons. The highest BCUT2D eigenvalue weighted by atomic mass is 16.6. The van der Waals surface area contributed by atoms with Crippen molar-refractivity contribution < 1.29 is 33.6 Å². The molecule has 0 amide bonds. The minimum atomic E-state index is -1.22. The topological polar surface area (TPSA) is 140 Å². The number of aromatic hydroxyl groups is 1. The van der Waals surface area contributed by atoms with Gasteiger partial charge in [-0.25, -0.2) is 4.79 Å². The van der Waals surface area contributed by atoms with Gasteiger partial charge in [-0.05, 0) is 44.2 Å². The largest absolute Gasteiger partial charge is 0.507 e. The zero-order valence-corrected chi connectivity index (χ0v) is 21.5. The number of phenolic OH excluding ortho intramolecular Hbond substituents is 1. The molecule has 6 rings (SSSR count). The van der Waals surface area contributed by atoms with Gasteiger partial charge in [-0.1, -0.05) is 0 Å². The first-order valence-corrected chi connectivity index (χ1v) is 12.2. The van der Waals surface area contributed by atoms with Gasteiger partial charge in [-0.15, -0.1) is 0 Å². The number of methoxy groups -OCH3 is 2. The summed E-state index contributed by atoms with van der Waals surface area (Å²) >= 11 is 0. The summed E-state index contributed by atoms with van der Waals surface area (Å²) in [4.78, 5) is 28.8. The van der Waals surface area contributed by atoms with Crippen molar-refractivity contribution in [2.45, 2.75) is 31.7 Å². The van der Waals surface area contributed by atoms with Crippen LogP contribution in [0, 0.1) is 0 Å². The summed E-state index contributed by atoms with van der Waals surface area (Å²) in [6.07, 6.45) is -2.31. The molecule has 0 radical (unpaired) electrons. The first-order valence-electron chi connectivity index (χ1n) is 12.2. The molecule has 0 bridgehead atoms. The summed E-state index contributed by atoms with van der Waals surface area (Å²) in [7, 11) is 2.90. The van der Waals surface area contributed by atoms with E-state index >= 15 is 0 Å². The van der Waals surface area contributed by atoms with Gasteiger partial charge in [0.05, 0.1) is 41.6 Å². The first kappa shape index (κ1) is 24.6. The maximum absolute atomic E-state index is 13.5. The number of aliphatic hydroxyl groups excluding tert-OH is 1. The molecular weight excluding hydrogens is 506 g/mol. The zero-order valence-electron chi connectivity index (χ0n) is 21.5. The molecule has 10 heteroatoms. The molecule has 2 atom stereocenters. The van der Waals surface area contributed by atoms with E-state index in [0.717, 1.165) is 0 Å². The maximum Gasteiger partial charge on any atom is 0.336 e. The van der Waals surface area contributed by atoms with Crippen molar-refractivity contribution >= 4 is 32.8 Å². The van der Waals surface area contributed by atoms with E-state index in [0.29, 0.717) is 28.0 Å².